The molecule has 198 valence electrons. The third kappa shape index (κ3) is 6.15. The Balaban J connectivity index is 1.54. The maximum atomic E-state index is 14.9. The lowest BCUT2D eigenvalue weighted by Crippen LogP contribution is -2.38. The maximum Gasteiger partial charge on any atom is 0.178 e. The largest absolute Gasteiger partial charge is 0.486 e. The number of nitrogens with zero attached hydrogens (tertiary/aromatic N) is 4. The molecule has 0 saturated carbocycles. The summed E-state index contributed by atoms with van der Waals surface area (Å²) < 4.78 is 50.0. The number of aromatic nitrogens is 2. The fourth-order valence-electron chi connectivity index (χ4n) is 4.55. The zero-order valence-corrected chi connectivity index (χ0v) is 21.8. The van der Waals surface area contributed by atoms with Gasteiger partial charge in [0, 0.05) is 31.1 Å². The van der Waals surface area contributed by atoms with E-state index in [1.165, 1.54) is 12.1 Å². The highest BCUT2D eigenvalue weighted by atomic mass is 19.1. The van der Waals surface area contributed by atoms with Crippen molar-refractivity contribution in [2.75, 3.05) is 49.5 Å². The molecule has 1 N–H and O–H groups in total. The normalized spacial score (nSPS) is 13.2. The van der Waals surface area contributed by atoms with Crippen LogP contribution in [-0.2, 0) is 6.42 Å². The standard InChI is InChI=1S/C28H34F3N5O/c1-5-35(6-2)10-9-32-24-8-7-19(13-21(24)29)14-26-33-17-23(31)27(34-26)20-15-22(30)28-25(16-20)36(18(3)4)11-12-37-28/h7-8,13,15-18,32H,5-6,9-12,14H2,1-4H3. The van der Waals surface area contributed by atoms with Gasteiger partial charge < -0.3 is 19.9 Å². The van der Waals surface area contributed by atoms with Gasteiger partial charge in [0.25, 0.3) is 0 Å². The molecule has 1 aliphatic heterocycles. The van der Waals surface area contributed by atoms with E-state index in [4.69, 9.17) is 4.74 Å². The number of hydrogen-bond donors (Lipinski definition) is 1. The maximum absolute atomic E-state index is 14.9. The molecule has 2 heterocycles. The van der Waals surface area contributed by atoms with Crippen LogP contribution < -0.4 is 15.0 Å². The number of rotatable bonds is 10. The smallest absolute Gasteiger partial charge is 0.178 e. The highest BCUT2D eigenvalue weighted by Gasteiger charge is 2.25. The van der Waals surface area contributed by atoms with Crippen molar-refractivity contribution < 1.29 is 17.9 Å². The topological polar surface area (TPSA) is 53.5 Å². The van der Waals surface area contributed by atoms with E-state index in [1.807, 2.05) is 18.7 Å². The van der Waals surface area contributed by atoms with Crippen LogP contribution >= 0.6 is 0 Å². The molecule has 0 bridgehead atoms. The third-order valence-electron chi connectivity index (χ3n) is 6.64. The number of ether oxygens (including phenoxy) is 1. The minimum absolute atomic E-state index is 0.00357. The Hall–Kier alpha value is -3.33. The van der Waals surface area contributed by atoms with Crippen molar-refractivity contribution in [3.63, 3.8) is 0 Å². The average molecular weight is 514 g/mol. The Kier molecular flexibility index (Phi) is 8.53. The van der Waals surface area contributed by atoms with Gasteiger partial charge in [-0.25, -0.2) is 23.1 Å². The van der Waals surface area contributed by atoms with Crippen LogP contribution in [0.5, 0.6) is 5.75 Å². The van der Waals surface area contributed by atoms with Crippen LogP contribution in [0.15, 0.2) is 36.5 Å². The summed E-state index contributed by atoms with van der Waals surface area (Å²) in [7, 11) is 0. The van der Waals surface area contributed by atoms with Crippen molar-refractivity contribution >= 4 is 11.4 Å². The summed E-state index contributed by atoms with van der Waals surface area (Å²) in [6.07, 6.45) is 1.28. The number of hydrogen-bond acceptors (Lipinski definition) is 6. The molecule has 0 fully saturated rings. The minimum Gasteiger partial charge on any atom is -0.486 e. The number of benzene rings is 2. The van der Waals surface area contributed by atoms with Crippen LogP contribution in [0.4, 0.5) is 24.5 Å². The molecular weight excluding hydrogens is 479 g/mol. The van der Waals surface area contributed by atoms with Crippen molar-refractivity contribution in [1.29, 1.82) is 0 Å². The van der Waals surface area contributed by atoms with Crippen molar-refractivity contribution in [2.45, 2.75) is 40.2 Å². The molecule has 0 spiro atoms. The number of fused-ring (bicyclic) bond motifs is 1. The molecule has 0 amide bonds. The molecule has 6 nitrogen and oxygen atoms in total. The molecular formula is C28H34F3N5O. The zero-order valence-electron chi connectivity index (χ0n) is 21.8. The first kappa shape index (κ1) is 26.7. The Morgan fingerprint density at radius 3 is 2.54 bits per heavy atom. The summed E-state index contributed by atoms with van der Waals surface area (Å²) in [5.74, 6) is -1.11. The van der Waals surface area contributed by atoms with E-state index in [0.29, 0.717) is 48.0 Å². The molecule has 3 aromatic rings. The van der Waals surface area contributed by atoms with Gasteiger partial charge in [0.15, 0.2) is 17.4 Å². The molecule has 2 aromatic carbocycles. The van der Waals surface area contributed by atoms with Crippen LogP contribution in [0.3, 0.4) is 0 Å². The molecule has 0 atom stereocenters. The van der Waals surface area contributed by atoms with Gasteiger partial charge in [-0.05, 0) is 56.8 Å². The van der Waals surface area contributed by atoms with Gasteiger partial charge in [-0.2, -0.15) is 0 Å². The second-order valence-electron chi connectivity index (χ2n) is 9.37. The van der Waals surface area contributed by atoms with E-state index >= 15 is 0 Å². The van der Waals surface area contributed by atoms with E-state index in [2.05, 4.69) is 34.0 Å². The fraction of sp³-hybridized carbons (Fsp3) is 0.429. The number of halogens is 3. The molecule has 0 saturated heterocycles. The number of anilines is 2. The minimum atomic E-state index is -0.658. The summed E-state index contributed by atoms with van der Waals surface area (Å²) in [5.41, 5.74) is 1.95. The third-order valence-corrected chi connectivity index (χ3v) is 6.64. The van der Waals surface area contributed by atoms with Crippen LogP contribution in [0, 0.1) is 17.5 Å². The molecule has 37 heavy (non-hydrogen) atoms. The number of likely N-dealkylation sites (N-methyl/N-ethyl adjacent to an activating group) is 1. The first-order chi connectivity index (χ1) is 17.8. The van der Waals surface area contributed by atoms with Gasteiger partial charge in [0.2, 0.25) is 0 Å². The van der Waals surface area contributed by atoms with E-state index in [-0.39, 0.29) is 29.7 Å². The van der Waals surface area contributed by atoms with Crippen LogP contribution in [0.25, 0.3) is 11.3 Å². The Labute approximate surface area is 216 Å². The van der Waals surface area contributed by atoms with Gasteiger partial charge in [-0.15, -0.1) is 0 Å². The Morgan fingerprint density at radius 1 is 1.05 bits per heavy atom. The van der Waals surface area contributed by atoms with Crippen molar-refractivity contribution in [3.8, 4) is 17.0 Å². The number of nitrogens with one attached hydrogen (secondary N) is 1. The van der Waals surface area contributed by atoms with Crippen molar-refractivity contribution in [2.24, 2.45) is 0 Å². The second kappa shape index (κ2) is 11.8. The van der Waals surface area contributed by atoms with Gasteiger partial charge >= 0.3 is 0 Å². The highest BCUT2D eigenvalue weighted by molar-refractivity contribution is 5.72. The van der Waals surface area contributed by atoms with Gasteiger partial charge in [-0.1, -0.05) is 19.9 Å². The molecule has 4 rings (SSSR count). The van der Waals surface area contributed by atoms with Gasteiger partial charge in [0.1, 0.15) is 23.9 Å². The lowest BCUT2D eigenvalue weighted by atomic mass is 10.1. The molecule has 1 aliphatic rings. The summed E-state index contributed by atoms with van der Waals surface area (Å²) in [6, 6.07) is 7.97. The monoisotopic (exact) mass is 513 g/mol. The van der Waals surface area contributed by atoms with Gasteiger partial charge in [-0.3, -0.25) is 0 Å². The van der Waals surface area contributed by atoms with Crippen LogP contribution in [-0.4, -0.2) is 60.2 Å². The summed E-state index contributed by atoms with van der Waals surface area (Å²) >= 11 is 0. The van der Waals surface area contributed by atoms with E-state index in [1.54, 1.807) is 18.2 Å². The van der Waals surface area contributed by atoms with Crippen molar-refractivity contribution in [1.82, 2.24) is 14.9 Å². The summed E-state index contributed by atoms with van der Waals surface area (Å²) in [4.78, 5) is 12.8. The molecule has 0 unspecified atom stereocenters. The quantitative estimate of drug-likeness (QED) is 0.386. The molecule has 9 heteroatoms. The van der Waals surface area contributed by atoms with Crippen LogP contribution in [0.1, 0.15) is 39.1 Å². The fourth-order valence-corrected chi connectivity index (χ4v) is 4.55. The summed E-state index contributed by atoms with van der Waals surface area (Å²) in [5, 5.41) is 3.14. The van der Waals surface area contributed by atoms with Crippen LogP contribution in [0.2, 0.25) is 0 Å². The molecule has 0 radical (unpaired) electrons. The van der Waals surface area contributed by atoms with E-state index in [9.17, 15) is 13.2 Å². The lowest BCUT2D eigenvalue weighted by Gasteiger charge is -2.34. The SMILES string of the molecule is CCN(CC)CCNc1ccc(Cc2ncc(F)c(-c3cc(F)c4c(c3)N(C(C)C)CCO4)n2)cc1F. The highest BCUT2D eigenvalue weighted by Crippen LogP contribution is 2.39. The Morgan fingerprint density at radius 2 is 1.84 bits per heavy atom. The lowest BCUT2D eigenvalue weighted by molar-refractivity contribution is 0.287. The molecule has 0 aliphatic carbocycles. The van der Waals surface area contributed by atoms with E-state index < -0.39 is 11.6 Å². The first-order valence-corrected chi connectivity index (χ1v) is 12.8. The second-order valence-corrected chi connectivity index (χ2v) is 9.37. The van der Waals surface area contributed by atoms with E-state index in [0.717, 1.165) is 25.8 Å². The average Bonchev–Trinajstić information content (AvgIpc) is 2.88. The summed E-state index contributed by atoms with van der Waals surface area (Å²) in [6.45, 7) is 12.6. The Bertz CT molecular complexity index is 1230. The predicted molar refractivity (Wildman–Crippen MR) is 141 cm³/mol. The van der Waals surface area contributed by atoms with Crippen molar-refractivity contribution in [3.05, 3.63) is 65.4 Å². The van der Waals surface area contributed by atoms with Gasteiger partial charge in [0.05, 0.1) is 24.1 Å². The molecule has 1 aromatic heterocycles. The predicted octanol–water partition coefficient (Wildman–Crippen LogP) is 5.51. The zero-order chi connectivity index (χ0) is 26.5. The first-order valence-electron chi connectivity index (χ1n) is 12.8.